The summed E-state index contributed by atoms with van der Waals surface area (Å²) >= 11 is 2.54. The van der Waals surface area contributed by atoms with E-state index in [1.165, 1.54) is 28.7 Å². The van der Waals surface area contributed by atoms with Crippen molar-refractivity contribution in [3.63, 3.8) is 0 Å². The molecule has 0 saturated heterocycles. The Kier molecular flexibility index (Phi) is 9.02. The molecule has 0 aliphatic heterocycles. The third-order valence-electron chi connectivity index (χ3n) is 4.92. The molecule has 0 saturated carbocycles. The summed E-state index contributed by atoms with van der Waals surface area (Å²) in [6, 6.07) is 8.04. The molecular weight excluding hydrogens is 458 g/mol. The quantitative estimate of drug-likeness (QED) is 0.217. The molecule has 0 bridgehead atoms. The number of hydrogen-bond donors (Lipinski definition) is 0. The highest BCUT2D eigenvalue weighted by atomic mass is 32.2. The van der Waals surface area contributed by atoms with E-state index in [0.29, 0.717) is 34.0 Å². The van der Waals surface area contributed by atoms with Crippen molar-refractivity contribution in [2.24, 2.45) is 0 Å². The topological polar surface area (TPSA) is 90.2 Å². The minimum absolute atomic E-state index is 0.0845. The van der Waals surface area contributed by atoms with Crippen LogP contribution in [0.3, 0.4) is 0 Å². The summed E-state index contributed by atoms with van der Waals surface area (Å²) in [7, 11) is 0. The Balaban J connectivity index is 1.76. The van der Waals surface area contributed by atoms with Gasteiger partial charge in [0.15, 0.2) is 10.3 Å². The average Bonchev–Trinajstić information content (AvgIpc) is 3.42. The number of amides is 1. The maximum atomic E-state index is 13.2. The molecule has 3 rings (SSSR count). The number of nitrogens with zero attached hydrogens (tertiary/aromatic N) is 5. The molecule has 33 heavy (non-hydrogen) atoms. The Bertz CT molecular complexity index is 1080. The fourth-order valence-electron chi connectivity index (χ4n) is 3.14. The molecule has 0 aliphatic carbocycles. The summed E-state index contributed by atoms with van der Waals surface area (Å²) in [5.74, 6) is -0.302. The van der Waals surface area contributed by atoms with Crippen LogP contribution in [-0.2, 0) is 9.53 Å². The lowest BCUT2D eigenvalue weighted by atomic mass is 10.2. The number of thiazole rings is 1. The van der Waals surface area contributed by atoms with Gasteiger partial charge in [-0.1, -0.05) is 60.6 Å². The molecule has 1 aromatic carbocycles. The SMILES string of the molecule is CCCCCN(C(=O)CSc1nncn1-c1ccc(C)cc1)c1nc(C)c(C(=O)OCC)s1. The lowest BCUT2D eigenvalue weighted by Gasteiger charge is -2.19. The van der Waals surface area contributed by atoms with Crippen LogP contribution < -0.4 is 4.90 Å². The number of aryl methyl sites for hydroxylation is 2. The van der Waals surface area contributed by atoms with Gasteiger partial charge < -0.3 is 4.74 Å². The molecule has 0 fully saturated rings. The fraction of sp³-hybridized carbons (Fsp3) is 0.435. The normalized spacial score (nSPS) is 10.9. The Morgan fingerprint density at radius 1 is 1.15 bits per heavy atom. The van der Waals surface area contributed by atoms with E-state index in [9.17, 15) is 9.59 Å². The van der Waals surface area contributed by atoms with E-state index in [0.717, 1.165) is 24.9 Å². The van der Waals surface area contributed by atoms with Crippen molar-refractivity contribution in [2.75, 3.05) is 23.8 Å². The van der Waals surface area contributed by atoms with E-state index in [4.69, 9.17) is 4.74 Å². The number of rotatable bonds is 11. The highest BCUT2D eigenvalue weighted by molar-refractivity contribution is 7.99. The summed E-state index contributed by atoms with van der Waals surface area (Å²) in [6.07, 6.45) is 4.56. The Hall–Kier alpha value is -2.72. The van der Waals surface area contributed by atoms with Crippen molar-refractivity contribution in [1.82, 2.24) is 19.7 Å². The van der Waals surface area contributed by atoms with Crippen LogP contribution in [0.2, 0.25) is 0 Å². The summed E-state index contributed by atoms with van der Waals surface area (Å²) < 4.78 is 6.99. The lowest BCUT2D eigenvalue weighted by molar-refractivity contribution is -0.116. The molecule has 2 heterocycles. The zero-order chi connectivity index (χ0) is 23.8. The Morgan fingerprint density at radius 2 is 1.91 bits per heavy atom. The minimum Gasteiger partial charge on any atom is -0.462 e. The summed E-state index contributed by atoms with van der Waals surface area (Å²) in [6.45, 7) is 8.52. The molecule has 0 radical (unpaired) electrons. The molecular formula is C23H29N5O3S2. The van der Waals surface area contributed by atoms with E-state index >= 15 is 0 Å². The summed E-state index contributed by atoms with van der Waals surface area (Å²) in [4.78, 5) is 32.1. The first-order valence-electron chi connectivity index (χ1n) is 11.0. The summed E-state index contributed by atoms with van der Waals surface area (Å²) in [5.41, 5.74) is 2.68. The predicted octanol–water partition coefficient (Wildman–Crippen LogP) is 4.83. The summed E-state index contributed by atoms with van der Waals surface area (Å²) in [5, 5.41) is 9.37. The molecule has 0 unspecified atom stereocenters. The van der Waals surface area contributed by atoms with Gasteiger partial charge in [0.2, 0.25) is 5.91 Å². The van der Waals surface area contributed by atoms with Gasteiger partial charge in [0.25, 0.3) is 0 Å². The lowest BCUT2D eigenvalue weighted by Crippen LogP contribution is -2.33. The number of carbonyl (C=O) groups excluding carboxylic acids is 2. The number of unbranched alkanes of at least 4 members (excludes halogenated alkanes) is 2. The first-order chi connectivity index (χ1) is 15.9. The number of carbonyl (C=O) groups is 2. The third kappa shape index (κ3) is 6.42. The van der Waals surface area contributed by atoms with Gasteiger partial charge in [-0.15, -0.1) is 10.2 Å². The molecule has 0 atom stereocenters. The minimum atomic E-state index is -0.403. The predicted molar refractivity (Wildman–Crippen MR) is 132 cm³/mol. The molecule has 8 nitrogen and oxygen atoms in total. The van der Waals surface area contributed by atoms with Gasteiger partial charge in [-0.3, -0.25) is 14.3 Å². The van der Waals surface area contributed by atoms with Crippen LogP contribution in [0, 0.1) is 13.8 Å². The zero-order valence-electron chi connectivity index (χ0n) is 19.4. The molecule has 1 amide bonds. The number of benzene rings is 1. The van der Waals surface area contributed by atoms with E-state index in [1.54, 1.807) is 25.1 Å². The van der Waals surface area contributed by atoms with Gasteiger partial charge >= 0.3 is 5.97 Å². The van der Waals surface area contributed by atoms with Gasteiger partial charge in [0, 0.05) is 12.2 Å². The largest absolute Gasteiger partial charge is 0.462 e. The van der Waals surface area contributed by atoms with E-state index in [-0.39, 0.29) is 11.7 Å². The number of hydrogen-bond acceptors (Lipinski definition) is 8. The smallest absolute Gasteiger partial charge is 0.350 e. The Morgan fingerprint density at radius 3 is 2.61 bits per heavy atom. The van der Waals surface area contributed by atoms with Gasteiger partial charge in [-0.2, -0.15) is 0 Å². The maximum Gasteiger partial charge on any atom is 0.350 e. The van der Waals surface area contributed by atoms with E-state index in [2.05, 4.69) is 22.1 Å². The highest BCUT2D eigenvalue weighted by Gasteiger charge is 2.24. The fourth-order valence-corrected chi connectivity index (χ4v) is 4.95. The average molecular weight is 488 g/mol. The monoisotopic (exact) mass is 487 g/mol. The number of aromatic nitrogens is 4. The number of esters is 1. The molecule has 0 N–H and O–H groups in total. The van der Waals surface area contributed by atoms with Crippen LogP contribution in [0.5, 0.6) is 0 Å². The van der Waals surface area contributed by atoms with Crippen LogP contribution in [0.4, 0.5) is 5.13 Å². The van der Waals surface area contributed by atoms with Crippen LogP contribution in [0.1, 0.15) is 54.0 Å². The molecule has 0 aliphatic rings. The first-order valence-corrected chi connectivity index (χ1v) is 12.8. The van der Waals surface area contributed by atoms with E-state index < -0.39 is 5.97 Å². The Labute approximate surface area is 202 Å². The van der Waals surface area contributed by atoms with Crippen molar-refractivity contribution < 1.29 is 14.3 Å². The highest BCUT2D eigenvalue weighted by Crippen LogP contribution is 2.29. The van der Waals surface area contributed by atoms with Crippen molar-refractivity contribution in [3.8, 4) is 5.69 Å². The molecule has 2 aromatic heterocycles. The van der Waals surface area contributed by atoms with Crippen LogP contribution in [0.25, 0.3) is 5.69 Å². The number of ether oxygens (including phenoxy) is 1. The van der Waals surface area contributed by atoms with Crippen LogP contribution in [-0.4, -0.2) is 50.5 Å². The second-order valence-electron chi connectivity index (χ2n) is 7.49. The second-order valence-corrected chi connectivity index (χ2v) is 9.41. The third-order valence-corrected chi connectivity index (χ3v) is 7.01. The standard InChI is InChI=1S/C23H29N5O3S2/c1-5-7-8-13-27(22-25-17(4)20(33-22)21(30)31-6-2)19(29)14-32-23-26-24-15-28(23)18-11-9-16(3)10-12-18/h9-12,15H,5-8,13-14H2,1-4H3. The van der Waals surface area contributed by atoms with Gasteiger partial charge in [0.1, 0.15) is 11.2 Å². The maximum absolute atomic E-state index is 13.2. The van der Waals surface area contributed by atoms with Gasteiger partial charge in [-0.05, 0) is 39.3 Å². The van der Waals surface area contributed by atoms with Crippen molar-refractivity contribution in [3.05, 3.63) is 46.7 Å². The molecule has 10 heteroatoms. The first kappa shape index (κ1) is 24.9. The molecule has 3 aromatic rings. The van der Waals surface area contributed by atoms with Gasteiger partial charge in [-0.25, -0.2) is 9.78 Å². The number of anilines is 1. The van der Waals surface area contributed by atoms with Crippen molar-refractivity contribution in [1.29, 1.82) is 0 Å². The van der Waals surface area contributed by atoms with Crippen LogP contribution in [0.15, 0.2) is 35.7 Å². The van der Waals surface area contributed by atoms with Gasteiger partial charge in [0.05, 0.1) is 18.1 Å². The van der Waals surface area contributed by atoms with E-state index in [1.807, 2.05) is 35.8 Å². The molecule has 176 valence electrons. The van der Waals surface area contributed by atoms with Crippen molar-refractivity contribution >= 4 is 40.1 Å². The van der Waals surface area contributed by atoms with Crippen LogP contribution >= 0.6 is 23.1 Å². The molecule has 0 spiro atoms. The second kappa shape index (κ2) is 11.9. The number of thioether (sulfide) groups is 1. The zero-order valence-corrected chi connectivity index (χ0v) is 21.0. The van der Waals surface area contributed by atoms with Crippen molar-refractivity contribution in [2.45, 2.75) is 52.1 Å².